The molecule has 0 radical (unpaired) electrons. The Morgan fingerprint density at radius 1 is 1.06 bits per heavy atom. The van der Waals surface area contributed by atoms with Gasteiger partial charge in [-0.15, -0.1) is 0 Å². The molecule has 0 N–H and O–H groups in total. The lowest BCUT2D eigenvalue weighted by Crippen LogP contribution is -2.50. The predicted molar refractivity (Wildman–Crippen MR) is 41.4 cm³/mol. The van der Waals surface area contributed by atoms with Crippen molar-refractivity contribution in [3.63, 3.8) is 0 Å². The first-order valence-corrected chi connectivity index (χ1v) is 4.19. The molecule has 0 aliphatic carbocycles. The number of hydrogen-bond acceptors (Lipinski definition) is 1. The Kier molecular flexibility index (Phi) is 4.79. The van der Waals surface area contributed by atoms with Crippen molar-refractivity contribution < 1.29 is 39.9 Å². The zero-order valence-corrected chi connectivity index (χ0v) is 8.37. The fourth-order valence-electron chi connectivity index (χ4n) is 0.746. The molecule has 1 atom stereocenters. The second-order valence-electron chi connectivity index (χ2n) is 3.01. The van der Waals surface area contributed by atoms with Crippen molar-refractivity contribution in [2.45, 2.75) is 37.7 Å². The van der Waals surface area contributed by atoms with Gasteiger partial charge >= 0.3 is 18.2 Å². The van der Waals surface area contributed by atoms with Gasteiger partial charge in [-0.1, -0.05) is 6.08 Å². The van der Waals surface area contributed by atoms with Crippen LogP contribution >= 0.6 is 0 Å². The van der Waals surface area contributed by atoms with Gasteiger partial charge in [0.25, 0.3) is 0 Å². The molecule has 0 rings (SSSR count). The van der Waals surface area contributed by atoms with Gasteiger partial charge in [-0.05, 0) is 6.92 Å². The Bertz CT molecular complexity index is 269. The molecule has 9 heteroatoms. The highest BCUT2D eigenvalue weighted by Crippen LogP contribution is 2.42. The van der Waals surface area contributed by atoms with Gasteiger partial charge in [-0.2, -0.15) is 30.7 Å². The first-order valence-electron chi connectivity index (χ1n) is 4.19. The molecule has 102 valence electrons. The average Bonchev–Trinajstić information content (AvgIpc) is 2.11. The molecule has 17 heavy (non-hydrogen) atoms. The summed E-state index contributed by atoms with van der Waals surface area (Å²) in [5, 5.41) is 0. The van der Waals surface area contributed by atoms with E-state index in [2.05, 4.69) is 4.74 Å². The van der Waals surface area contributed by atoms with Crippen LogP contribution in [0, 0.1) is 0 Å². The maximum Gasteiger partial charge on any atom is 0.466 e. The van der Waals surface area contributed by atoms with E-state index in [-0.39, 0.29) is 6.26 Å². The van der Waals surface area contributed by atoms with E-state index in [0.29, 0.717) is 0 Å². The molecular formula is C8H8F8O. The molecule has 0 aliphatic rings. The lowest BCUT2D eigenvalue weighted by molar-refractivity contribution is -0.349. The molecule has 0 aliphatic heterocycles. The summed E-state index contributed by atoms with van der Waals surface area (Å²) in [6.07, 6.45) is -16.5. The van der Waals surface area contributed by atoms with Crippen molar-refractivity contribution in [2.75, 3.05) is 0 Å². The Hall–Kier alpha value is -1.02. The summed E-state index contributed by atoms with van der Waals surface area (Å²) in [6.45, 7) is 1.14. The van der Waals surface area contributed by atoms with Crippen LogP contribution in [0.2, 0.25) is 0 Å². The monoisotopic (exact) mass is 272 g/mol. The minimum Gasteiger partial charge on any atom is -0.436 e. The molecule has 0 aromatic rings. The summed E-state index contributed by atoms with van der Waals surface area (Å²) in [7, 11) is 0. The van der Waals surface area contributed by atoms with Crippen molar-refractivity contribution in [3.8, 4) is 0 Å². The second kappa shape index (κ2) is 5.09. The smallest absolute Gasteiger partial charge is 0.436 e. The lowest BCUT2D eigenvalue weighted by Gasteiger charge is -2.27. The van der Waals surface area contributed by atoms with Gasteiger partial charge in [0, 0.05) is 0 Å². The topological polar surface area (TPSA) is 9.23 Å². The van der Waals surface area contributed by atoms with E-state index in [1.807, 2.05) is 0 Å². The fraction of sp³-hybridized carbons (Fsp3) is 0.750. The quantitative estimate of drug-likeness (QED) is 0.541. The maximum atomic E-state index is 12.7. The summed E-state index contributed by atoms with van der Waals surface area (Å²) >= 11 is 0. The van der Waals surface area contributed by atoms with Gasteiger partial charge in [0.1, 0.15) is 0 Å². The van der Waals surface area contributed by atoms with Crippen LogP contribution in [0.1, 0.15) is 13.3 Å². The summed E-state index contributed by atoms with van der Waals surface area (Å²) in [6, 6.07) is 0. The second-order valence-corrected chi connectivity index (χ2v) is 3.01. The average molecular weight is 272 g/mol. The third-order valence-corrected chi connectivity index (χ3v) is 1.54. The van der Waals surface area contributed by atoms with Crippen LogP contribution in [0.3, 0.4) is 0 Å². The van der Waals surface area contributed by atoms with E-state index in [4.69, 9.17) is 0 Å². The van der Waals surface area contributed by atoms with E-state index in [9.17, 15) is 35.1 Å². The Balaban J connectivity index is 4.85. The predicted octanol–water partition coefficient (Wildman–Crippen LogP) is 4.06. The maximum absolute atomic E-state index is 12.7. The third kappa shape index (κ3) is 4.39. The highest BCUT2D eigenvalue weighted by atomic mass is 19.4. The number of halogens is 8. The molecule has 1 unspecified atom stereocenters. The fourth-order valence-corrected chi connectivity index (χ4v) is 0.746. The number of allylic oxidation sites excluding steroid dienone is 1. The first-order chi connectivity index (χ1) is 7.44. The van der Waals surface area contributed by atoms with Crippen LogP contribution in [0.5, 0.6) is 0 Å². The molecule has 0 saturated heterocycles. The number of alkyl halides is 8. The Morgan fingerprint density at radius 2 is 1.53 bits per heavy atom. The zero-order chi connectivity index (χ0) is 13.9. The normalized spacial score (nSPS) is 16.3. The largest absolute Gasteiger partial charge is 0.466 e. The summed E-state index contributed by atoms with van der Waals surface area (Å²) in [5.41, 5.74) is 0. The summed E-state index contributed by atoms with van der Waals surface area (Å²) in [4.78, 5) is 0. The van der Waals surface area contributed by atoms with Crippen LogP contribution in [-0.4, -0.2) is 24.4 Å². The molecule has 0 aromatic carbocycles. The molecular weight excluding hydrogens is 264 g/mol. The minimum absolute atomic E-state index is 0.133. The first kappa shape index (κ1) is 16.0. The molecule has 0 aromatic heterocycles. The Morgan fingerprint density at radius 3 is 1.88 bits per heavy atom. The van der Waals surface area contributed by atoms with Gasteiger partial charge in [-0.25, -0.2) is 4.39 Å². The zero-order valence-electron chi connectivity index (χ0n) is 8.37. The molecule has 0 saturated carbocycles. The number of ether oxygens (including phenoxy) is 1. The molecule has 0 spiro atoms. The van der Waals surface area contributed by atoms with Crippen molar-refractivity contribution in [3.05, 3.63) is 12.3 Å². The number of rotatable bonds is 5. The molecule has 0 amide bonds. The highest BCUT2D eigenvalue weighted by molar-refractivity contribution is 4.88. The van der Waals surface area contributed by atoms with Crippen LogP contribution in [-0.2, 0) is 4.74 Å². The van der Waals surface area contributed by atoms with Crippen LogP contribution < -0.4 is 0 Å². The SMILES string of the molecule is CC=COC(F)(F)C(F)(F)C(F)CC(F)(F)F. The van der Waals surface area contributed by atoms with Gasteiger partial charge < -0.3 is 4.74 Å². The van der Waals surface area contributed by atoms with Gasteiger partial charge in [0.15, 0.2) is 6.17 Å². The van der Waals surface area contributed by atoms with Crippen LogP contribution in [0.15, 0.2) is 12.3 Å². The Labute approximate surface area is 91.0 Å². The molecule has 1 nitrogen and oxygen atoms in total. The standard InChI is InChI=1S/C8H8F8O/c1-2-3-17-8(15,16)7(13,14)5(9)4-6(10,11)12/h2-3,5H,4H2,1H3. The lowest BCUT2D eigenvalue weighted by atomic mass is 10.1. The summed E-state index contributed by atoms with van der Waals surface area (Å²) in [5.74, 6) is -5.58. The van der Waals surface area contributed by atoms with Gasteiger partial charge in [0.05, 0.1) is 12.7 Å². The van der Waals surface area contributed by atoms with Gasteiger partial charge in [0.2, 0.25) is 0 Å². The van der Waals surface area contributed by atoms with Gasteiger partial charge in [-0.3, -0.25) is 0 Å². The van der Waals surface area contributed by atoms with E-state index >= 15 is 0 Å². The van der Waals surface area contributed by atoms with E-state index in [1.165, 1.54) is 0 Å². The minimum atomic E-state index is -5.58. The molecule has 0 heterocycles. The number of hydrogen-bond donors (Lipinski definition) is 0. The van der Waals surface area contributed by atoms with Crippen LogP contribution in [0.25, 0.3) is 0 Å². The molecule has 0 fully saturated rings. The van der Waals surface area contributed by atoms with E-state index in [1.54, 1.807) is 0 Å². The van der Waals surface area contributed by atoms with Crippen molar-refractivity contribution in [1.82, 2.24) is 0 Å². The third-order valence-electron chi connectivity index (χ3n) is 1.54. The van der Waals surface area contributed by atoms with Crippen molar-refractivity contribution in [2.24, 2.45) is 0 Å². The highest BCUT2D eigenvalue weighted by Gasteiger charge is 2.65. The van der Waals surface area contributed by atoms with Crippen molar-refractivity contribution in [1.29, 1.82) is 0 Å². The molecule has 0 bridgehead atoms. The van der Waals surface area contributed by atoms with Crippen LogP contribution in [0.4, 0.5) is 35.1 Å². The van der Waals surface area contributed by atoms with Crippen molar-refractivity contribution >= 4 is 0 Å². The van der Waals surface area contributed by atoms with E-state index < -0.39 is 30.8 Å². The van der Waals surface area contributed by atoms with E-state index in [0.717, 1.165) is 13.0 Å². The summed E-state index contributed by atoms with van der Waals surface area (Å²) < 4.78 is 101.